The third-order valence-electron chi connectivity index (χ3n) is 3.96. The molecule has 2 fully saturated rings. The first-order valence-electron chi connectivity index (χ1n) is 5.71. The van der Waals surface area contributed by atoms with Gasteiger partial charge in [0.1, 0.15) is 0 Å². The van der Waals surface area contributed by atoms with Gasteiger partial charge in [-0.1, -0.05) is 0 Å². The lowest BCUT2D eigenvalue weighted by molar-refractivity contribution is -0.126. The summed E-state index contributed by atoms with van der Waals surface area (Å²) >= 11 is 0. The van der Waals surface area contributed by atoms with Crippen LogP contribution in [0.4, 0.5) is 0 Å². The second-order valence-corrected chi connectivity index (χ2v) is 4.65. The Labute approximate surface area is 94.2 Å². The molecule has 0 aromatic carbocycles. The largest absolute Gasteiger partial charge is 0.504 e. The minimum Gasteiger partial charge on any atom is -0.504 e. The minimum absolute atomic E-state index is 0.0344. The number of hydrogen-bond acceptors (Lipinski definition) is 3. The van der Waals surface area contributed by atoms with Crippen molar-refractivity contribution in [2.75, 3.05) is 13.7 Å². The quantitative estimate of drug-likeness (QED) is 0.727. The van der Waals surface area contributed by atoms with Gasteiger partial charge in [0, 0.05) is 12.6 Å². The van der Waals surface area contributed by atoms with E-state index in [-0.39, 0.29) is 17.7 Å². The van der Waals surface area contributed by atoms with Crippen molar-refractivity contribution < 1.29 is 14.6 Å². The second kappa shape index (κ2) is 3.27. The Balaban J connectivity index is 2.11. The van der Waals surface area contributed by atoms with Crippen LogP contribution in [0.5, 0.6) is 0 Å². The SMILES string of the molecule is COC1=CC(=O)N2CC[C@@H]3CCC(=C1O)C32. The van der Waals surface area contributed by atoms with Crippen LogP contribution >= 0.6 is 0 Å². The van der Waals surface area contributed by atoms with Crippen LogP contribution in [-0.2, 0) is 9.53 Å². The van der Waals surface area contributed by atoms with Crippen LogP contribution in [0.15, 0.2) is 23.2 Å². The van der Waals surface area contributed by atoms with Gasteiger partial charge in [-0.3, -0.25) is 4.79 Å². The zero-order chi connectivity index (χ0) is 11.3. The summed E-state index contributed by atoms with van der Waals surface area (Å²) in [5.74, 6) is 1.00. The van der Waals surface area contributed by atoms with E-state index in [2.05, 4.69) is 0 Å². The molecule has 0 aromatic rings. The van der Waals surface area contributed by atoms with E-state index in [1.807, 2.05) is 4.90 Å². The fourth-order valence-electron chi connectivity index (χ4n) is 3.20. The highest BCUT2D eigenvalue weighted by atomic mass is 16.5. The maximum atomic E-state index is 12.0. The van der Waals surface area contributed by atoms with Gasteiger partial charge in [0.15, 0.2) is 11.5 Å². The molecule has 0 bridgehead atoms. The molecule has 2 atom stereocenters. The van der Waals surface area contributed by atoms with Crippen LogP contribution in [0.1, 0.15) is 19.3 Å². The normalized spacial score (nSPS) is 32.7. The topological polar surface area (TPSA) is 49.8 Å². The van der Waals surface area contributed by atoms with Gasteiger partial charge in [0.05, 0.1) is 13.2 Å². The summed E-state index contributed by atoms with van der Waals surface area (Å²) in [6.07, 6.45) is 4.42. The highest BCUT2D eigenvalue weighted by Gasteiger charge is 2.45. The molecule has 1 amide bonds. The molecule has 1 saturated heterocycles. The third kappa shape index (κ3) is 1.13. The van der Waals surface area contributed by atoms with Crippen LogP contribution in [0.25, 0.3) is 0 Å². The Morgan fingerprint density at radius 2 is 2.31 bits per heavy atom. The number of nitrogens with zero attached hydrogens (tertiary/aromatic N) is 1. The maximum absolute atomic E-state index is 12.0. The van der Waals surface area contributed by atoms with Crippen molar-refractivity contribution >= 4 is 5.91 Å². The Kier molecular flexibility index (Phi) is 1.99. The lowest BCUT2D eigenvalue weighted by Gasteiger charge is -2.22. The van der Waals surface area contributed by atoms with E-state index >= 15 is 0 Å². The molecule has 1 N–H and O–H groups in total. The number of carbonyl (C=O) groups excluding carboxylic acids is 1. The Morgan fingerprint density at radius 3 is 3.06 bits per heavy atom. The second-order valence-electron chi connectivity index (χ2n) is 4.65. The van der Waals surface area contributed by atoms with Gasteiger partial charge >= 0.3 is 0 Å². The summed E-state index contributed by atoms with van der Waals surface area (Å²) in [5, 5.41) is 10.1. The van der Waals surface area contributed by atoms with E-state index < -0.39 is 0 Å². The average Bonchev–Trinajstić information content (AvgIpc) is 2.82. The molecule has 1 unspecified atom stereocenters. The van der Waals surface area contributed by atoms with E-state index in [1.54, 1.807) is 0 Å². The van der Waals surface area contributed by atoms with Crippen molar-refractivity contribution in [3.8, 4) is 0 Å². The fraction of sp³-hybridized carbons (Fsp3) is 0.583. The van der Waals surface area contributed by atoms with E-state index in [9.17, 15) is 9.90 Å². The summed E-state index contributed by atoms with van der Waals surface area (Å²) in [6, 6.07) is 0.122. The number of amides is 1. The number of aliphatic hydroxyl groups is 1. The molecule has 16 heavy (non-hydrogen) atoms. The van der Waals surface area contributed by atoms with E-state index in [0.29, 0.717) is 11.7 Å². The smallest absolute Gasteiger partial charge is 0.250 e. The number of ether oxygens (including phenoxy) is 1. The van der Waals surface area contributed by atoms with Crippen molar-refractivity contribution in [3.63, 3.8) is 0 Å². The van der Waals surface area contributed by atoms with E-state index in [0.717, 1.165) is 31.4 Å². The summed E-state index contributed by atoms with van der Waals surface area (Å²) in [4.78, 5) is 13.8. The monoisotopic (exact) mass is 221 g/mol. The summed E-state index contributed by atoms with van der Waals surface area (Å²) < 4.78 is 5.08. The highest BCUT2D eigenvalue weighted by Crippen LogP contribution is 2.44. The van der Waals surface area contributed by atoms with Gasteiger partial charge in [0.25, 0.3) is 5.91 Å². The summed E-state index contributed by atoms with van der Waals surface area (Å²) in [5.41, 5.74) is 0.987. The molecular formula is C12H15NO3. The standard InChI is InChI=1S/C12H15NO3/c1-16-9-6-10(14)13-5-4-7-2-3-8(11(7)13)12(9)15/h6-7,11,15H,2-5H2,1H3/t7-,11?/m0/s1. The number of aliphatic hydroxyl groups excluding tert-OH is 1. The van der Waals surface area contributed by atoms with Gasteiger partial charge in [-0.2, -0.15) is 0 Å². The summed E-state index contributed by atoms with van der Waals surface area (Å²) in [7, 11) is 1.48. The molecule has 0 aromatic heterocycles. The van der Waals surface area contributed by atoms with Crippen LogP contribution < -0.4 is 0 Å². The predicted octanol–water partition coefficient (Wildman–Crippen LogP) is 1.35. The molecule has 86 valence electrons. The Hall–Kier alpha value is -1.45. The zero-order valence-corrected chi connectivity index (χ0v) is 9.27. The lowest BCUT2D eigenvalue weighted by Crippen LogP contribution is -2.35. The molecule has 3 aliphatic rings. The van der Waals surface area contributed by atoms with Crippen molar-refractivity contribution in [3.05, 3.63) is 23.2 Å². The molecule has 2 heterocycles. The van der Waals surface area contributed by atoms with E-state index in [4.69, 9.17) is 4.74 Å². The highest BCUT2D eigenvalue weighted by molar-refractivity contribution is 5.90. The average molecular weight is 221 g/mol. The predicted molar refractivity (Wildman–Crippen MR) is 57.6 cm³/mol. The van der Waals surface area contributed by atoms with E-state index in [1.165, 1.54) is 13.2 Å². The Morgan fingerprint density at radius 1 is 1.50 bits per heavy atom. The van der Waals surface area contributed by atoms with Crippen molar-refractivity contribution in [2.45, 2.75) is 25.3 Å². The molecule has 2 aliphatic heterocycles. The fourth-order valence-corrected chi connectivity index (χ4v) is 3.20. The van der Waals surface area contributed by atoms with Gasteiger partial charge in [-0.15, -0.1) is 0 Å². The number of methoxy groups -OCH3 is 1. The number of carbonyl (C=O) groups is 1. The van der Waals surface area contributed by atoms with Crippen LogP contribution in [0, 0.1) is 5.92 Å². The third-order valence-corrected chi connectivity index (χ3v) is 3.96. The number of rotatable bonds is 1. The van der Waals surface area contributed by atoms with Gasteiger partial charge < -0.3 is 14.7 Å². The zero-order valence-electron chi connectivity index (χ0n) is 9.27. The lowest BCUT2D eigenvalue weighted by atomic mass is 10.0. The van der Waals surface area contributed by atoms with Gasteiger partial charge in [-0.05, 0) is 30.8 Å². The molecule has 4 nitrogen and oxygen atoms in total. The molecule has 0 radical (unpaired) electrons. The van der Waals surface area contributed by atoms with Crippen molar-refractivity contribution in [2.24, 2.45) is 5.92 Å². The minimum atomic E-state index is -0.0344. The first-order valence-corrected chi connectivity index (χ1v) is 5.71. The van der Waals surface area contributed by atoms with Crippen LogP contribution in [0.3, 0.4) is 0 Å². The summed E-state index contributed by atoms with van der Waals surface area (Å²) in [6.45, 7) is 0.804. The molecule has 4 heteroatoms. The maximum Gasteiger partial charge on any atom is 0.250 e. The Bertz CT molecular complexity index is 410. The molecule has 1 aliphatic carbocycles. The molecular weight excluding hydrogens is 206 g/mol. The first-order chi connectivity index (χ1) is 7.72. The van der Waals surface area contributed by atoms with Gasteiger partial charge in [0.2, 0.25) is 0 Å². The van der Waals surface area contributed by atoms with Crippen LogP contribution in [0.2, 0.25) is 0 Å². The molecule has 0 spiro atoms. The van der Waals surface area contributed by atoms with Crippen molar-refractivity contribution in [1.29, 1.82) is 0 Å². The van der Waals surface area contributed by atoms with Crippen LogP contribution in [-0.4, -0.2) is 35.6 Å². The number of hydrogen-bond donors (Lipinski definition) is 1. The van der Waals surface area contributed by atoms with Crippen molar-refractivity contribution in [1.82, 2.24) is 4.90 Å². The molecule has 1 saturated carbocycles. The first kappa shape index (κ1) is 9.75. The molecule has 3 rings (SSSR count). The van der Waals surface area contributed by atoms with Gasteiger partial charge in [-0.25, -0.2) is 0 Å².